The molecule has 1 rings (SSSR count). The molecular formula is C22H38N4O4. The minimum absolute atomic E-state index is 0.0745. The molecule has 8 nitrogen and oxygen atoms in total. The standard InChI is InChI=1S/C22H38N4O4/c1-7-17(8-2)24-21(29)18-10-9-11-26(18)22(30)16(5)12-19(15(3)4)25(6)20(28)13-23-14-27/h12,14-15,17-19H,7-11,13H2,1-6H3,(H,23,27)(H,24,29)/t18-,19+/m0/s1. The molecule has 0 spiro atoms. The van der Waals surface area contributed by atoms with Crippen LogP contribution in [0.2, 0.25) is 0 Å². The smallest absolute Gasteiger partial charge is 0.249 e. The van der Waals surface area contributed by atoms with Crippen molar-refractivity contribution in [2.45, 2.75) is 78.4 Å². The lowest BCUT2D eigenvalue weighted by Gasteiger charge is -2.30. The van der Waals surface area contributed by atoms with Gasteiger partial charge >= 0.3 is 0 Å². The van der Waals surface area contributed by atoms with Gasteiger partial charge in [0.1, 0.15) is 6.04 Å². The third kappa shape index (κ3) is 6.85. The molecule has 0 radical (unpaired) electrons. The van der Waals surface area contributed by atoms with E-state index in [4.69, 9.17) is 0 Å². The van der Waals surface area contributed by atoms with Gasteiger partial charge in [0.05, 0.1) is 12.6 Å². The van der Waals surface area contributed by atoms with Crippen molar-refractivity contribution in [3.8, 4) is 0 Å². The van der Waals surface area contributed by atoms with E-state index in [1.165, 1.54) is 0 Å². The van der Waals surface area contributed by atoms with Crippen LogP contribution in [0.1, 0.15) is 60.3 Å². The number of likely N-dealkylation sites (tertiary alicyclic amines) is 1. The monoisotopic (exact) mass is 422 g/mol. The van der Waals surface area contributed by atoms with E-state index in [1.807, 2.05) is 27.7 Å². The van der Waals surface area contributed by atoms with Gasteiger partial charge in [0, 0.05) is 25.2 Å². The molecule has 170 valence electrons. The predicted octanol–water partition coefficient (Wildman–Crippen LogP) is 1.46. The zero-order valence-electron chi connectivity index (χ0n) is 19.2. The molecule has 0 aromatic rings. The van der Waals surface area contributed by atoms with Crippen LogP contribution in [0, 0.1) is 5.92 Å². The van der Waals surface area contributed by atoms with Crippen molar-refractivity contribution in [1.29, 1.82) is 0 Å². The van der Waals surface area contributed by atoms with Crippen molar-refractivity contribution >= 4 is 24.1 Å². The molecule has 0 bridgehead atoms. The number of carbonyl (C=O) groups excluding carboxylic acids is 4. The Morgan fingerprint density at radius 1 is 1.20 bits per heavy atom. The molecule has 8 heteroatoms. The van der Waals surface area contributed by atoms with E-state index >= 15 is 0 Å². The Bertz CT molecular complexity index is 643. The molecule has 1 aliphatic rings. The molecule has 0 saturated carbocycles. The van der Waals surface area contributed by atoms with E-state index in [9.17, 15) is 19.2 Å². The molecule has 1 saturated heterocycles. The summed E-state index contributed by atoms with van der Waals surface area (Å²) in [4.78, 5) is 51.8. The first-order valence-electron chi connectivity index (χ1n) is 10.9. The predicted molar refractivity (Wildman–Crippen MR) is 116 cm³/mol. The van der Waals surface area contributed by atoms with Gasteiger partial charge in [0.15, 0.2) is 0 Å². The fourth-order valence-electron chi connectivity index (χ4n) is 3.80. The Hall–Kier alpha value is -2.38. The van der Waals surface area contributed by atoms with Gasteiger partial charge in [-0.1, -0.05) is 33.8 Å². The van der Waals surface area contributed by atoms with Crippen LogP contribution in [-0.2, 0) is 19.2 Å². The third-order valence-corrected chi connectivity index (χ3v) is 5.77. The Morgan fingerprint density at radius 3 is 2.37 bits per heavy atom. The number of hydrogen-bond donors (Lipinski definition) is 2. The summed E-state index contributed by atoms with van der Waals surface area (Å²) in [6.45, 7) is 10.2. The average molecular weight is 423 g/mol. The largest absolute Gasteiger partial charge is 0.352 e. The van der Waals surface area contributed by atoms with E-state index in [0.29, 0.717) is 24.9 Å². The quantitative estimate of drug-likeness (QED) is 0.389. The van der Waals surface area contributed by atoms with Gasteiger partial charge in [-0.05, 0) is 38.5 Å². The van der Waals surface area contributed by atoms with Crippen molar-refractivity contribution in [2.24, 2.45) is 5.92 Å². The van der Waals surface area contributed by atoms with Gasteiger partial charge in [-0.3, -0.25) is 19.2 Å². The fraction of sp³-hybridized carbons (Fsp3) is 0.727. The van der Waals surface area contributed by atoms with Crippen LogP contribution in [-0.4, -0.2) is 72.2 Å². The Balaban J connectivity index is 2.95. The van der Waals surface area contributed by atoms with E-state index < -0.39 is 6.04 Å². The molecular weight excluding hydrogens is 384 g/mol. The Kier molecular flexibility index (Phi) is 10.6. The SMILES string of the molecule is CCC(CC)NC(=O)[C@@H]1CCCN1C(=O)C(C)=C[C@H](C(C)C)N(C)C(=O)CNC=O. The lowest BCUT2D eigenvalue weighted by molar-refractivity contribution is -0.136. The lowest BCUT2D eigenvalue weighted by atomic mass is 9.99. The molecule has 2 atom stereocenters. The second kappa shape index (κ2) is 12.3. The lowest BCUT2D eigenvalue weighted by Crippen LogP contribution is -2.49. The summed E-state index contributed by atoms with van der Waals surface area (Å²) in [5.74, 6) is -0.420. The van der Waals surface area contributed by atoms with Crippen molar-refractivity contribution in [3.63, 3.8) is 0 Å². The molecule has 0 unspecified atom stereocenters. The Morgan fingerprint density at radius 2 is 1.83 bits per heavy atom. The van der Waals surface area contributed by atoms with Crippen LogP contribution in [0.5, 0.6) is 0 Å². The minimum atomic E-state index is -0.449. The summed E-state index contributed by atoms with van der Waals surface area (Å²) in [5.41, 5.74) is 0.513. The minimum Gasteiger partial charge on any atom is -0.352 e. The van der Waals surface area contributed by atoms with Gasteiger partial charge in [-0.15, -0.1) is 0 Å². The highest BCUT2D eigenvalue weighted by Gasteiger charge is 2.35. The van der Waals surface area contributed by atoms with E-state index in [-0.39, 0.29) is 42.3 Å². The first-order chi connectivity index (χ1) is 14.2. The van der Waals surface area contributed by atoms with Crippen molar-refractivity contribution in [2.75, 3.05) is 20.1 Å². The van der Waals surface area contributed by atoms with E-state index in [1.54, 1.807) is 29.8 Å². The third-order valence-electron chi connectivity index (χ3n) is 5.77. The van der Waals surface area contributed by atoms with Crippen LogP contribution in [0.4, 0.5) is 0 Å². The number of nitrogens with one attached hydrogen (secondary N) is 2. The van der Waals surface area contributed by atoms with Gasteiger partial charge in [-0.2, -0.15) is 0 Å². The maximum Gasteiger partial charge on any atom is 0.249 e. The number of rotatable bonds is 11. The summed E-state index contributed by atoms with van der Waals surface area (Å²) in [5, 5.41) is 5.43. The maximum absolute atomic E-state index is 13.1. The van der Waals surface area contributed by atoms with Crippen LogP contribution in [0.15, 0.2) is 11.6 Å². The van der Waals surface area contributed by atoms with Crippen molar-refractivity contribution < 1.29 is 19.2 Å². The number of nitrogens with zero attached hydrogens (tertiary/aromatic N) is 2. The number of carbonyl (C=O) groups is 4. The molecule has 1 aliphatic heterocycles. The second-order valence-electron chi connectivity index (χ2n) is 8.27. The number of hydrogen-bond acceptors (Lipinski definition) is 4. The summed E-state index contributed by atoms with van der Waals surface area (Å²) in [6.07, 6.45) is 5.45. The van der Waals surface area contributed by atoms with Crippen LogP contribution in [0.3, 0.4) is 0 Å². The summed E-state index contributed by atoms with van der Waals surface area (Å²) in [7, 11) is 1.66. The summed E-state index contributed by atoms with van der Waals surface area (Å²) in [6, 6.07) is -0.624. The molecule has 4 amide bonds. The molecule has 0 aliphatic carbocycles. The van der Waals surface area contributed by atoms with Crippen LogP contribution in [0.25, 0.3) is 0 Å². The van der Waals surface area contributed by atoms with Gasteiger partial charge in [0.25, 0.3) is 0 Å². The summed E-state index contributed by atoms with van der Waals surface area (Å²) >= 11 is 0. The van der Waals surface area contributed by atoms with Crippen molar-refractivity contribution in [3.05, 3.63) is 11.6 Å². The molecule has 1 heterocycles. The molecule has 30 heavy (non-hydrogen) atoms. The molecule has 0 aromatic carbocycles. The maximum atomic E-state index is 13.1. The zero-order chi connectivity index (χ0) is 22.8. The highest BCUT2D eigenvalue weighted by molar-refractivity contribution is 5.97. The topological polar surface area (TPSA) is 98.8 Å². The fourth-order valence-corrected chi connectivity index (χ4v) is 3.80. The summed E-state index contributed by atoms with van der Waals surface area (Å²) < 4.78 is 0. The van der Waals surface area contributed by atoms with Gasteiger partial charge < -0.3 is 20.4 Å². The molecule has 2 N–H and O–H groups in total. The van der Waals surface area contributed by atoms with Crippen LogP contribution >= 0.6 is 0 Å². The Labute approximate surface area is 180 Å². The van der Waals surface area contributed by atoms with Gasteiger partial charge in [-0.25, -0.2) is 0 Å². The molecule has 0 aromatic heterocycles. The van der Waals surface area contributed by atoms with Gasteiger partial charge in [0.2, 0.25) is 24.1 Å². The zero-order valence-corrected chi connectivity index (χ0v) is 19.2. The number of likely N-dealkylation sites (N-methyl/N-ethyl adjacent to an activating group) is 1. The highest BCUT2D eigenvalue weighted by atomic mass is 16.2. The van der Waals surface area contributed by atoms with E-state index in [0.717, 1.165) is 19.3 Å². The molecule has 1 fully saturated rings. The van der Waals surface area contributed by atoms with Crippen LogP contribution < -0.4 is 10.6 Å². The normalized spacial score (nSPS) is 17.8. The first-order valence-corrected chi connectivity index (χ1v) is 10.9. The second-order valence-corrected chi connectivity index (χ2v) is 8.27. The average Bonchev–Trinajstić information content (AvgIpc) is 3.22. The van der Waals surface area contributed by atoms with E-state index in [2.05, 4.69) is 10.6 Å². The number of amides is 4. The first kappa shape index (κ1) is 25.7. The van der Waals surface area contributed by atoms with Crippen molar-refractivity contribution in [1.82, 2.24) is 20.4 Å². The highest BCUT2D eigenvalue weighted by Crippen LogP contribution is 2.22.